The number of nitrogens with zero attached hydrogens (tertiary/aromatic N) is 1. The zero-order valence-corrected chi connectivity index (χ0v) is 12.5. The Morgan fingerprint density at radius 2 is 2.05 bits per heavy atom. The molecule has 0 aromatic carbocycles. The van der Waals surface area contributed by atoms with Crippen molar-refractivity contribution >= 4 is 12.0 Å². The first-order valence-corrected chi connectivity index (χ1v) is 7.01. The average Bonchev–Trinajstić information content (AvgIpc) is 2.27. The second-order valence-electron chi connectivity index (χ2n) is 6.51. The lowest BCUT2D eigenvalue weighted by atomic mass is 9.84. The number of aliphatic carboxylic acids is 1. The number of carbonyl (C=O) groups excluding carboxylic acids is 1. The quantitative estimate of drug-likeness (QED) is 0.824. The minimum absolute atomic E-state index is 0.111. The number of likely N-dealkylation sites (tertiary alicyclic amines) is 1. The van der Waals surface area contributed by atoms with Crippen LogP contribution in [0.25, 0.3) is 0 Å². The highest BCUT2D eigenvalue weighted by Gasteiger charge is 2.37. The van der Waals surface area contributed by atoms with Crippen LogP contribution in [0.15, 0.2) is 0 Å². The number of carbonyl (C=O) groups is 2. The largest absolute Gasteiger partial charge is 0.480 e. The second-order valence-corrected chi connectivity index (χ2v) is 6.51. The molecule has 19 heavy (non-hydrogen) atoms. The Kier molecular flexibility index (Phi) is 4.82. The summed E-state index contributed by atoms with van der Waals surface area (Å²) in [4.78, 5) is 25.3. The molecule has 2 amide bonds. The Bertz CT molecular complexity index is 355. The van der Waals surface area contributed by atoms with E-state index in [1.807, 2.05) is 6.92 Å². The van der Waals surface area contributed by atoms with Gasteiger partial charge in [0.2, 0.25) is 0 Å². The molecule has 1 heterocycles. The van der Waals surface area contributed by atoms with Crippen molar-refractivity contribution in [3.63, 3.8) is 0 Å². The number of amides is 2. The predicted molar refractivity (Wildman–Crippen MR) is 74.1 cm³/mol. The summed E-state index contributed by atoms with van der Waals surface area (Å²) in [5.41, 5.74) is -1.06. The second kappa shape index (κ2) is 5.80. The van der Waals surface area contributed by atoms with Crippen LogP contribution < -0.4 is 5.32 Å². The molecule has 0 spiro atoms. The molecule has 0 aliphatic carbocycles. The third-order valence-corrected chi connectivity index (χ3v) is 3.79. The molecule has 0 radical (unpaired) electrons. The molecule has 1 rings (SSSR count). The Labute approximate surface area is 115 Å². The van der Waals surface area contributed by atoms with Crippen LogP contribution in [-0.2, 0) is 4.79 Å². The van der Waals surface area contributed by atoms with Crippen LogP contribution in [0, 0.1) is 5.41 Å². The summed E-state index contributed by atoms with van der Waals surface area (Å²) in [6.07, 6.45) is 3.22. The molecule has 0 bridgehead atoms. The van der Waals surface area contributed by atoms with Crippen molar-refractivity contribution < 1.29 is 14.7 Å². The van der Waals surface area contributed by atoms with Crippen molar-refractivity contribution in [2.45, 2.75) is 58.9 Å². The van der Waals surface area contributed by atoms with Gasteiger partial charge in [0.25, 0.3) is 0 Å². The molecular formula is C14H26N2O3. The van der Waals surface area contributed by atoms with Gasteiger partial charge in [0.1, 0.15) is 5.54 Å². The number of nitrogens with one attached hydrogen (secondary N) is 1. The third-order valence-electron chi connectivity index (χ3n) is 3.79. The molecule has 1 aliphatic rings. The van der Waals surface area contributed by atoms with Gasteiger partial charge in [0.15, 0.2) is 0 Å². The van der Waals surface area contributed by atoms with Crippen LogP contribution in [-0.4, -0.2) is 40.6 Å². The van der Waals surface area contributed by atoms with E-state index < -0.39 is 11.5 Å². The molecule has 5 heteroatoms. The minimum Gasteiger partial charge on any atom is -0.480 e. The smallest absolute Gasteiger partial charge is 0.329 e. The van der Waals surface area contributed by atoms with Gasteiger partial charge >= 0.3 is 12.0 Å². The molecule has 1 aliphatic heterocycles. The Balaban J connectivity index is 2.69. The van der Waals surface area contributed by atoms with Crippen molar-refractivity contribution in [3.8, 4) is 0 Å². The SMILES string of the molecule is CCCC(C)(NC(=O)N1CCCC(C)(C)C1)C(=O)O. The number of rotatable bonds is 4. The van der Waals surface area contributed by atoms with Gasteiger partial charge in [-0.2, -0.15) is 0 Å². The van der Waals surface area contributed by atoms with Gasteiger partial charge in [-0.05, 0) is 31.6 Å². The summed E-state index contributed by atoms with van der Waals surface area (Å²) in [5, 5.41) is 12.0. The lowest BCUT2D eigenvalue weighted by Crippen LogP contribution is -2.58. The van der Waals surface area contributed by atoms with Crippen molar-refractivity contribution in [1.29, 1.82) is 0 Å². The first kappa shape index (κ1) is 15.8. The molecule has 0 aromatic rings. The lowest BCUT2D eigenvalue weighted by molar-refractivity contribution is -0.144. The van der Waals surface area contributed by atoms with Crippen molar-refractivity contribution in [1.82, 2.24) is 10.2 Å². The first-order chi connectivity index (χ1) is 8.70. The topological polar surface area (TPSA) is 69.6 Å². The van der Waals surface area contributed by atoms with Gasteiger partial charge in [0.05, 0.1) is 0 Å². The summed E-state index contributed by atoms with van der Waals surface area (Å²) in [6.45, 7) is 9.14. The summed E-state index contributed by atoms with van der Waals surface area (Å²) in [7, 11) is 0. The third kappa shape index (κ3) is 4.11. The Morgan fingerprint density at radius 3 is 2.53 bits per heavy atom. The number of carboxylic acid groups (broad SMARTS) is 1. The van der Waals surface area contributed by atoms with Crippen molar-refractivity contribution in [3.05, 3.63) is 0 Å². The fourth-order valence-corrected chi connectivity index (χ4v) is 2.63. The molecule has 110 valence electrons. The first-order valence-electron chi connectivity index (χ1n) is 7.01. The Hall–Kier alpha value is -1.26. The molecule has 2 N–H and O–H groups in total. The van der Waals surface area contributed by atoms with Gasteiger partial charge in [-0.15, -0.1) is 0 Å². The molecule has 1 atom stereocenters. The van der Waals surface area contributed by atoms with E-state index in [-0.39, 0.29) is 11.4 Å². The normalized spacial score (nSPS) is 21.6. The van der Waals surface area contributed by atoms with Crippen LogP contribution in [0.2, 0.25) is 0 Å². The molecule has 0 aromatic heterocycles. The highest BCUT2D eigenvalue weighted by atomic mass is 16.4. The zero-order valence-electron chi connectivity index (χ0n) is 12.5. The predicted octanol–water partition coefficient (Wildman–Crippen LogP) is 2.46. The van der Waals surface area contributed by atoms with E-state index >= 15 is 0 Å². The van der Waals surface area contributed by atoms with E-state index in [1.165, 1.54) is 0 Å². The fraction of sp³-hybridized carbons (Fsp3) is 0.857. The maximum atomic E-state index is 12.2. The summed E-state index contributed by atoms with van der Waals surface area (Å²) in [6, 6.07) is -0.258. The summed E-state index contributed by atoms with van der Waals surface area (Å²) in [5.74, 6) is -0.973. The number of hydrogen-bond donors (Lipinski definition) is 2. The Morgan fingerprint density at radius 1 is 1.42 bits per heavy atom. The average molecular weight is 270 g/mol. The maximum absolute atomic E-state index is 12.2. The molecule has 1 unspecified atom stereocenters. The van der Waals surface area contributed by atoms with Crippen molar-refractivity contribution in [2.75, 3.05) is 13.1 Å². The monoisotopic (exact) mass is 270 g/mol. The maximum Gasteiger partial charge on any atom is 0.329 e. The van der Waals surface area contributed by atoms with E-state index in [0.717, 1.165) is 12.8 Å². The fourth-order valence-electron chi connectivity index (χ4n) is 2.63. The number of urea groups is 1. The lowest BCUT2D eigenvalue weighted by Gasteiger charge is -2.39. The van der Waals surface area contributed by atoms with E-state index in [2.05, 4.69) is 19.2 Å². The number of carboxylic acids is 1. The van der Waals surface area contributed by atoms with Gasteiger partial charge in [0, 0.05) is 13.1 Å². The van der Waals surface area contributed by atoms with E-state index in [9.17, 15) is 14.7 Å². The van der Waals surface area contributed by atoms with E-state index in [0.29, 0.717) is 25.9 Å². The van der Waals surface area contributed by atoms with Crippen LogP contribution >= 0.6 is 0 Å². The summed E-state index contributed by atoms with van der Waals surface area (Å²) < 4.78 is 0. The van der Waals surface area contributed by atoms with Gasteiger partial charge in [-0.1, -0.05) is 27.2 Å². The van der Waals surface area contributed by atoms with Gasteiger partial charge in [-0.3, -0.25) is 0 Å². The molecule has 5 nitrogen and oxygen atoms in total. The van der Waals surface area contributed by atoms with E-state index in [4.69, 9.17) is 0 Å². The van der Waals surface area contributed by atoms with Crippen molar-refractivity contribution in [2.24, 2.45) is 5.41 Å². The number of hydrogen-bond acceptors (Lipinski definition) is 2. The molecule has 1 fully saturated rings. The zero-order chi connectivity index (χ0) is 14.7. The summed E-state index contributed by atoms with van der Waals surface area (Å²) >= 11 is 0. The van der Waals surface area contributed by atoms with Crippen LogP contribution in [0.4, 0.5) is 4.79 Å². The minimum atomic E-state index is -1.17. The van der Waals surface area contributed by atoms with E-state index in [1.54, 1.807) is 11.8 Å². The highest BCUT2D eigenvalue weighted by molar-refractivity contribution is 5.85. The van der Waals surface area contributed by atoms with Crippen LogP contribution in [0.1, 0.15) is 53.4 Å². The standard InChI is InChI=1S/C14H26N2O3/c1-5-7-14(4,11(17)18)15-12(19)16-9-6-8-13(2,3)10-16/h5-10H2,1-4H3,(H,15,19)(H,17,18). The molecular weight excluding hydrogens is 244 g/mol. The van der Waals surface area contributed by atoms with Gasteiger partial charge < -0.3 is 15.3 Å². The van der Waals surface area contributed by atoms with Gasteiger partial charge in [-0.25, -0.2) is 9.59 Å². The highest BCUT2D eigenvalue weighted by Crippen LogP contribution is 2.28. The molecule has 0 saturated carbocycles. The van der Waals surface area contributed by atoms with Crippen LogP contribution in [0.5, 0.6) is 0 Å². The number of piperidine rings is 1. The van der Waals surface area contributed by atoms with Crippen LogP contribution in [0.3, 0.4) is 0 Å². The molecule has 1 saturated heterocycles.